The number of ether oxygens (including phenoxy) is 1. The lowest BCUT2D eigenvalue weighted by molar-refractivity contribution is -0.138. The Balaban J connectivity index is 1.81. The highest BCUT2D eigenvalue weighted by atomic mass is 35.5. The van der Waals surface area contributed by atoms with Crippen LogP contribution in [-0.2, 0) is 16.1 Å². The van der Waals surface area contributed by atoms with Crippen LogP contribution in [0.1, 0.15) is 42.0 Å². The molecule has 0 atom stereocenters. The van der Waals surface area contributed by atoms with Gasteiger partial charge in [0.15, 0.2) is 0 Å². The average Bonchev–Trinajstić information content (AvgIpc) is 2.64. The third-order valence-electron chi connectivity index (χ3n) is 4.49. The molecule has 0 radical (unpaired) electrons. The van der Waals surface area contributed by atoms with Crippen molar-refractivity contribution < 1.29 is 13.9 Å². The fraction of sp³-hybridized carbons (Fsp3) is 0.217. The fourth-order valence-electron chi connectivity index (χ4n) is 3.07. The Morgan fingerprint density at radius 3 is 2.57 bits per heavy atom. The number of carbonyl (C=O) groups is 1. The Labute approximate surface area is 168 Å². The zero-order valence-corrected chi connectivity index (χ0v) is 16.7. The quantitative estimate of drug-likeness (QED) is 0.318. The van der Waals surface area contributed by atoms with Crippen LogP contribution >= 0.6 is 11.6 Å². The Morgan fingerprint density at radius 2 is 1.89 bits per heavy atom. The molecule has 0 aliphatic rings. The molecule has 3 aromatic rings. The molecule has 0 N–H and O–H groups in total. The number of esters is 1. The van der Waals surface area contributed by atoms with Gasteiger partial charge in [0.05, 0.1) is 0 Å². The van der Waals surface area contributed by atoms with Gasteiger partial charge in [-0.05, 0) is 59.9 Å². The summed E-state index contributed by atoms with van der Waals surface area (Å²) in [7, 11) is 0. The van der Waals surface area contributed by atoms with Crippen molar-refractivity contribution in [1.29, 1.82) is 0 Å². The summed E-state index contributed by atoms with van der Waals surface area (Å²) in [4.78, 5) is 24.0. The van der Waals surface area contributed by atoms with Crippen LogP contribution < -0.4 is 5.63 Å². The van der Waals surface area contributed by atoms with Crippen LogP contribution in [0.15, 0.2) is 57.8 Å². The lowest BCUT2D eigenvalue weighted by Gasteiger charge is -2.13. The summed E-state index contributed by atoms with van der Waals surface area (Å²) in [6.07, 6.45) is 3.00. The average molecular weight is 397 g/mol. The number of carbonyl (C=O) groups excluding carboxylic acids is 1. The van der Waals surface area contributed by atoms with E-state index in [0.29, 0.717) is 22.1 Å². The number of benzene rings is 2. The molecule has 0 aliphatic heterocycles. The summed E-state index contributed by atoms with van der Waals surface area (Å²) in [5.41, 5.74) is 3.72. The maximum atomic E-state index is 12.1. The van der Waals surface area contributed by atoms with Crippen LogP contribution in [-0.4, -0.2) is 5.97 Å². The number of hydrogen-bond acceptors (Lipinski definition) is 4. The maximum Gasteiger partial charge on any atom is 0.336 e. The summed E-state index contributed by atoms with van der Waals surface area (Å²) in [5, 5.41) is 1.41. The van der Waals surface area contributed by atoms with Gasteiger partial charge in [-0.1, -0.05) is 37.6 Å². The van der Waals surface area contributed by atoms with Crippen molar-refractivity contribution in [2.45, 2.75) is 33.3 Å². The first-order valence-electron chi connectivity index (χ1n) is 9.01. The molecule has 3 rings (SSSR count). The van der Waals surface area contributed by atoms with Crippen molar-refractivity contribution in [2.24, 2.45) is 0 Å². The Bertz CT molecular complexity index is 1090. The molecule has 0 spiro atoms. The predicted molar refractivity (Wildman–Crippen MR) is 112 cm³/mol. The number of fused-ring (bicyclic) bond motifs is 1. The first-order valence-corrected chi connectivity index (χ1v) is 9.39. The first kappa shape index (κ1) is 19.9. The molecule has 0 fully saturated rings. The Hall–Kier alpha value is -2.85. The molecule has 1 heterocycles. The van der Waals surface area contributed by atoms with E-state index in [0.717, 1.165) is 22.1 Å². The maximum absolute atomic E-state index is 12.1. The molecule has 4 nitrogen and oxygen atoms in total. The predicted octanol–water partition coefficient (Wildman–Crippen LogP) is 5.63. The molecule has 2 aromatic carbocycles. The van der Waals surface area contributed by atoms with Crippen molar-refractivity contribution >= 4 is 34.6 Å². The largest absolute Gasteiger partial charge is 0.458 e. The van der Waals surface area contributed by atoms with E-state index in [-0.39, 0.29) is 6.61 Å². The van der Waals surface area contributed by atoms with Crippen LogP contribution in [0, 0.1) is 6.92 Å². The number of rotatable bonds is 5. The highest BCUT2D eigenvalue weighted by Gasteiger charge is 2.12. The molecular weight excluding hydrogens is 376 g/mol. The second kappa shape index (κ2) is 8.44. The van der Waals surface area contributed by atoms with Crippen molar-refractivity contribution in [3.05, 3.63) is 86.2 Å². The third kappa shape index (κ3) is 4.70. The van der Waals surface area contributed by atoms with Crippen LogP contribution in [0.4, 0.5) is 0 Å². The summed E-state index contributed by atoms with van der Waals surface area (Å²) in [6.45, 7) is 6.19. The van der Waals surface area contributed by atoms with Crippen LogP contribution in [0.5, 0.6) is 0 Å². The normalized spacial score (nSPS) is 11.5. The minimum Gasteiger partial charge on any atom is -0.458 e. The van der Waals surface area contributed by atoms with E-state index in [2.05, 4.69) is 13.8 Å². The number of hydrogen-bond donors (Lipinski definition) is 0. The van der Waals surface area contributed by atoms with Gasteiger partial charge in [-0.3, -0.25) is 0 Å². The Kier molecular flexibility index (Phi) is 6.00. The molecule has 0 saturated heterocycles. The molecule has 0 saturated carbocycles. The Morgan fingerprint density at radius 1 is 1.18 bits per heavy atom. The molecule has 0 aliphatic carbocycles. The molecule has 1 aromatic heterocycles. The molecule has 0 bridgehead atoms. The second-order valence-electron chi connectivity index (χ2n) is 6.94. The fourth-order valence-corrected chi connectivity index (χ4v) is 3.19. The van der Waals surface area contributed by atoms with E-state index in [9.17, 15) is 9.59 Å². The van der Waals surface area contributed by atoms with Gasteiger partial charge >= 0.3 is 11.6 Å². The highest BCUT2D eigenvalue weighted by Crippen LogP contribution is 2.27. The highest BCUT2D eigenvalue weighted by molar-refractivity contribution is 6.30. The summed E-state index contributed by atoms with van der Waals surface area (Å²) >= 11 is 5.84. The number of aryl methyl sites for hydroxylation is 1. The monoisotopic (exact) mass is 396 g/mol. The van der Waals surface area contributed by atoms with Crippen molar-refractivity contribution in [3.63, 3.8) is 0 Å². The second-order valence-corrected chi connectivity index (χ2v) is 7.38. The molecule has 0 amide bonds. The lowest BCUT2D eigenvalue weighted by Crippen LogP contribution is -2.06. The summed E-state index contributed by atoms with van der Waals surface area (Å²) < 4.78 is 10.7. The zero-order valence-electron chi connectivity index (χ0n) is 16.0. The molecular formula is C23H21ClO4. The van der Waals surface area contributed by atoms with E-state index in [1.807, 2.05) is 19.1 Å². The first-order chi connectivity index (χ1) is 13.3. The van der Waals surface area contributed by atoms with Crippen molar-refractivity contribution in [3.8, 4) is 0 Å². The molecule has 144 valence electrons. The van der Waals surface area contributed by atoms with Crippen LogP contribution in [0.2, 0.25) is 5.02 Å². The lowest BCUT2D eigenvalue weighted by atomic mass is 9.95. The van der Waals surface area contributed by atoms with Gasteiger partial charge in [0, 0.05) is 28.1 Å². The smallest absolute Gasteiger partial charge is 0.336 e. The van der Waals surface area contributed by atoms with E-state index in [4.69, 9.17) is 20.8 Å². The topological polar surface area (TPSA) is 56.5 Å². The SMILES string of the molecule is Cc1cc2oc(=O)cc(COC(=O)/C=C/c3ccc(Cl)cc3)c2cc1C(C)C. The van der Waals surface area contributed by atoms with E-state index in [1.165, 1.54) is 12.1 Å². The van der Waals surface area contributed by atoms with Gasteiger partial charge in [-0.2, -0.15) is 0 Å². The van der Waals surface area contributed by atoms with Crippen LogP contribution in [0.3, 0.4) is 0 Å². The van der Waals surface area contributed by atoms with Crippen molar-refractivity contribution in [1.82, 2.24) is 0 Å². The molecule has 0 unspecified atom stereocenters. The minimum atomic E-state index is -0.493. The van der Waals surface area contributed by atoms with Crippen molar-refractivity contribution in [2.75, 3.05) is 0 Å². The van der Waals surface area contributed by atoms with Gasteiger partial charge in [0.2, 0.25) is 0 Å². The van der Waals surface area contributed by atoms with Crippen LogP contribution in [0.25, 0.3) is 17.0 Å². The number of halogens is 1. The van der Waals surface area contributed by atoms with E-state index < -0.39 is 11.6 Å². The minimum absolute atomic E-state index is 0.00745. The van der Waals surface area contributed by atoms with Gasteiger partial charge in [-0.25, -0.2) is 9.59 Å². The summed E-state index contributed by atoms with van der Waals surface area (Å²) in [6, 6.07) is 12.3. The zero-order chi connectivity index (χ0) is 20.3. The van der Waals surface area contributed by atoms with Gasteiger partial charge in [-0.15, -0.1) is 0 Å². The molecule has 5 heteroatoms. The van der Waals surface area contributed by atoms with Gasteiger partial charge in [0.25, 0.3) is 0 Å². The standard InChI is InChI=1S/C23H21ClO4/c1-14(2)19-12-20-17(11-23(26)28-21(20)10-15(19)3)13-27-22(25)9-6-16-4-7-18(24)8-5-16/h4-12,14H,13H2,1-3H3/b9-6+. The third-order valence-corrected chi connectivity index (χ3v) is 4.74. The van der Waals surface area contributed by atoms with Gasteiger partial charge < -0.3 is 9.15 Å². The van der Waals surface area contributed by atoms with E-state index >= 15 is 0 Å². The summed E-state index contributed by atoms with van der Waals surface area (Å²) in [5.74, 6) is -0.165. The van der Waals surface area contributed by atoms with Gasteiger partial charge in [0.1, 0.15) is 12.2 Å². The van der Waals surface area contributed by atoms with E-state index in [1.54, 1.807) is 30.3 Å². The molecule has 28 heavy (non-hydrogen) atoms.